The lowest BCUT2D eigenvalue weighted by Gasteiger charge is -2.47. The molecule has 4 rings (SSSR count). The zero-order chi connectivity index (χ0) is 11.1. The van der Waals surface area contributed by atoms with E-state index in [-0.39, 0.29) is 11.9 Å². The minimum absolute atomic E-state index is 0.0490. The number of nitrogens with zero attached hydrogens (tertiary/aromatic N) is 1. The lowest BCUT2D eigenvalue weighted by Crippen LogP contribution is -2.70. The highest BCUT2D eigenvalue weighted by molar-refractivity contribution is 5.99. The van der Waals surface area contributed by atoms with E-state index in [1.54, 1.807) is 0 Å². The molecular weight excluding hydrogens is 202 g/mol. The summed E-state index contributed by atoms with van der Waals surface area (Å²) in [6.07, 6.45) is 0.996. The average molecular weight is 217 g/mol. The quantitative estimate of drug-likeness (QED) is 0.745. The van der Waals surface area contributed by atoms with Crippen molar-refractivity contribution in [2.24, 2.45) is 5.73 Å². The van der Waals surface area contributed by atoms with Crippen molar-refractivity contribution in [2.45, 2.75) is 25.0 Å². The van der Waals surface area contributed by atoms with Crippen molar-refractivity contribution in [3.8, 4) is 0 Å². The molecule has 3 heterocycles. The molecule has 3 aliphatic heterocycles. The second-order valence-corrected chi connectivity index (χ2v) is 4.47. The van der Waals surface area contributed by atoms with Crippen LogP contribution < -0.4 is 16.0 Å². The maximum atomic E-state index is 12.0. The number of hydrogen-bond donors (Lipinski definition) is 2. The fourth-order valence-electron chi connectivity index (χ4n) is 2.39. The third kappa shape index (κ3) is 1.42. The first-order valence-corrected chi connectivity index (χ1v) is 5.64. The summed E-state index contributed by atoms with van der Waals surface area (Å²) in [4.78, 5) is 13.8. The van der Waals surface area contributed by atoms with Crippen LogP contribution in [0.1, 0.15) is 12.0 Å². The van der Waals surface area contributed by atoms with Crippen molar-refractivity contribution in [1.29, 1.82) is 0 Å². The van der Waals surface area contributed by atoms with Gasteiger partial charge in [-0.15, -0.1) is 0 Å². The predicted molar refractivity (Wildman–Crippen MR) is 62.0 cm³/mol. The van der Waals surface area contributed by atoms with Crippen LogP contribution in [0.3, 0.4) is 0 Å². The highest BCUT2D eigenvalue weighted by atomic mass is 16.2. The number of nitrogens with one attached hydrogen (secondary N) is 1. The first-order chi connectivity index (χ1) is 7.78. The first-order valence-electron chi connectivity index (χ1n) is 5.64. The molecule has 3 fully saturated rings. The van der Waals surface area contributed by atoms with Crippen LogP contribution in [0.2, 0.25) is 0 Å². The molecule has 2 bridgehead atoms. The summed E-state index contributed by atoms with van der Waals surface area (Å²) in [7, 11) is 0. The largest absolute Gasteiger partial charge is 0.326 e. The number of carbonyl (C=O) groups is 1. The van der Waals surface area contributed by atoms with Gasteiger partial charge in [0.1, 0.15) is 0 Å². The maximum absolute atomic E-state index is 12.0. The molecule has 2 atom stereocenters. The summed E-state index contributed by atoms with van der Waals surface area (Å²) in [5, 5.41) is 3.24. The summed E-state index contributed by atoms with van der Waals surface area (Å²) in [5.41, 5.74) is 7.62. The van der Waals surface area contributed by atoms with Crippen LogP contribution in [0.5, 0.6) is 0 Å². The molecule has 1 aromatic carbocycles. The van der Waals surface area contributed by atoms with E-state index in [1.807, 2.05) is 29.2 Å². The predicted octanol–water partition coefficient (Wildman–Crippen LogP) is 0.222. The first kappa shape index (κ1) is 9.81. The zero-order valence-corrected chi connectivity index (χ0v) is 9.02. The fourth-order valence-corrected chi connectivity index (χ4v) is 2.39. The fraction of sp³-hybridized carbons (Fsp3) is 0.417. The number of nitrogens with two attached hydrogens (primary N) is 1. The van der Waals surface area contributed by atoms with Gasteiger partial charge in [0.2, 0.25) is 5.91 Å². The van der Waals surface area contributed by atoms with Crippen molar-refractivity contribution in [1.82, 2.24) is 5.32 Å². The monoisotopic (exact) mass is 217 g/mol. The van der Waals surface area contributed by atoms with Gasteiger partial charge in [-0.1, -0.05) is 12.1 Å². The minimum Gasteiger partial charge on any atom is -0.326 e. The summed E-state index contributed by atoms with van der Waals surface area (Å²) in [6.45, 7) is 1.33. The molecule has 1 amide bonds. The second-order valence-electron chi connectivity index (χ2n) is 4.47. The molecule has 4 nitrogen and oxygen atoms in total. The minimum atomic E-state index is 0.0490. The van der Waals surface area contributed by atoms with E-state index in [2.05, 4.69) is 5.32 Å². The third-order valence-corrected chi connectivity index (χ3v) is 3.41. The van der Waals surface area contributed by atoms with Gasteiger partial charge in [0.15, 0.2) is 0 Å². The molecular formula is C12H15N3O. The Hall–Kier alpha value is -1.39. The van der Waals surface area contributed by atoms with E-state index in [1.165, 1.54) is 0 Å². The molecule has 3 saturated heterocycles. The van der Waals surface area contributed by atoms with E-state index in [0.29, 0.717) is 12.6 Å². The molecule has 3 aliphatic rings. The number of benzene rings is 1. The number of piperazine rings is 1. The van der Waals surface area contributed by atoms with E-state index < -0.39 is 0 Å². The SMILES string of the molecule is NCc1ccc(N2CC3CC(N3)C2=O)cc1. The molecule has 2 unspecified atom stereocenters. The maximum Gasteiger partial charge on any atom is 0.244 e. The summed E-state index contributed by atoms with van der Waals surface area (Å²) in [5.74, 6) is 0.197. The van der Waals surface area contributed by atoms with Gasteiger partial charge >= 0.3 is 0 Å². The number of hydrogen-bond acceptors (Lipinski definition) is 3. The van der Waals surface area contributed by atoms with Crippen LogP contribution in [0.15, 0.2) is 24.3 Å². The van der Waals surface area contributed by atoms with E-state index in [0.717, 1.165) is 24.2 Å². The molecule has 4 heteroatoms. The summed E-state index contributed by atoms with van der Waals surface area (Å²) < 4.78 is 0. The zero-order valence-electron chi connectivity index (χ0n) is 9.02. The lowest BCUT2D eigenvalue weighted by molar-refractivity contribution is -0.125. The van der Waals surface area contributed by atoms with Crippen molar-refractivity contribution < 1.29 is 4.79 Å². The standard InChI is InChI=1S/C12H15N3O/c13-6-8-1-3-10(4-2-8)15-7-9-5-11(14-9)12(15)16/h1-4,9,11,14H,5-7,13H2. The van der Waals surface area contributed by atoms with Gasteiger partial charge in [0.05, 0.1) is 6.04 Å². The normalized spacial score (nSPS) is 27.8. The third-order valence-electron chi connectivity index (χ3n) is 3.41. The molecule has 84 valence electrons. The Morgan fingerprint density at radius 1 is 1.38 bits per heavy atom. The van der Waals surface area contributed by atoms with Crippen LogP contribution in [-0.2, 0) is 11.3 Å². The average Bonchev–Trinajstić information content (AvgIpc) is 2.28. The van der Waals surface area contributed by atoms with Gasteiger partial charge in [0.25, 0.3) is 0 Å². The Morgan fingerprint density at radius 2 is 2.06 bits per heavy atom. The highest BCUT2D eigenvalue weighted by Crippen LogP contribution is 2.27. The summed E-state index contributed by atoms with van der Waals surface area (Å²) in [6, 6.07) is 8.45. The number of amides is 1. The molecule has 0 saturated carbocycles. The Morgan fingerprint density at radius 3 is 2.62 bits per heavy atom. The molecule has 0 spiro atoms. The van der Waals surface area contributed by atoms with E-state index in [4.69, 9.17) is 5.73 Å². The molecule has 16 heavy (non-hydrogen) atoms. The smallest absolute Gasteiger partial charge is 0.244 e. The molecule has 0 aromatic heterocycles. The van der Waals surface area contributed by atoms with Crippen molar-refractivity contribution in [2.75, 3.05) is 11.4 Å². The number of rotatable bonds is 2. The second kappa shape index (κ2) is 3.57. The Kier molecular flexibility index (Phi) is 2.19. The Labute approximate surface area is 94.4 Å². The number of piperidine rings is 1. The number of anilines is 1. The summed E-state index contributed by atoms with van der Waals surface area (Å²) >= 11 is 0. The topological polar surface area (TPSA) is 58.4 Å². The van der Waals surface area contributed by atoms with Crippen molar-refractivity contribution in [3.63, 3.8) is 0 Å². The van der Waals surface area contributed by atoms with Crippen LogP contribution in [0, 0.1) is 0 Å². The number of fused-ring (bicyclic) bond motifs is 2. The molecule has 0 aliphatic carbocycles. The Balaban J connectivity index is 1.83. The number of carbonyl (C=O) groups excluding carboxylic acids is 1. The Bertz CT molecular complexity index is 409. The molecule has 0 radical (unpaired) electrons. The van der Waals surface area contributed by atoms with Gasteiger partial charge in [-0.05, 0) is 24.1 Å². The van der Waals surface area contributed by atoms with Crippen LogP contribution in [-0.4, -0.2) is 24.5 Å². The molecule has 1 aromatic rings. The van der Waals surface area contributed by atoms with Gasteiger partial charge in [0, 0.05) is 24.8 Å². The van der Waals surface area contributed by atoms with Gasteiger partial charge < -0.3 is 16.0 Å². The van der Waals surface area contributed by atoms with Crippen LogP contribution in [0.4, 0.5) is 5.69 Å². The van der Waals surface area contributed by atoms with Gasteiger partial charge in [-0.2, -0.15) is 0 Å². The lowest BCUT2D eigenvalue weighted by atomic mass is 9.90. The van der Waals surface area contributed by atoms with Crippen LogP contribution in [0.25, 0.3) is 0 Å². The molecule has 3 N–H and O–H groups in total. The van der Waals surface area contributed by atoms with Crippen molar-refractivity contribution in [3.05, 3.63) is 29.8 Å². The van der Waals surface area contributed by atoms with E-state index >= 15 is 0 Å². The van der Waals surface area contributed by atoms with E-state index in [9.17, 15) is 4.79 Å². The van der Waals surface area contributed by atoms with Crippen molar-refractivity contribution >= 4 is 11.6 Å². The van der Waals surface area contributed by atoms with Crippen LogP contribution >= 0.6 is 0 Å². The van der Waals surface area contributed by atoms with Gasteiger partial charge in [-0.25, -0.2) is 0 Å². The van der Waals surface area contributed by atoms with Gasteiger partial charge in [-0.3, -0.25) is 4.79 Å². The highest BCUT2D eigenvalue weighted by Gasteiger charge is 2.43.